The van der Waals surface area contributed by atoms with Crippen LogP contribution in [-0.4, -0.2) is 32.3 Å². The number of carbonyl (C=O) groups excluding carboxylic acids is 1. The maximum Gasteiger partial charge on any atom is 0.401 e. The van der Waals surface area contributed by atoms with Crippen molar-refractivity contribution in [2.75, 3.05) is 25.5 Å². The monoisotopic (exact) mass is 276 g/mol. The number of hydrogen-bond donors (Lipinski definition) is 2. The highest BCUT2D eigenvalue weighted by atomic mass is 19.4. The van der Waals surface area contributed by atoms with Gasteiger partial charge in [0, 0.05) is 18.4 Å². The molecule has 0 unspecified atom stereocenters. The predicted octanol–water partition coefficient (Wildman–Crippen LogP) is 1.92. The highest BCUT2D eigenvalue weighted by molar-refractivity contribution is 5.92. The van der Waals surface area contributed by atoms with Gasteiger partial charge in [0.1, 0.15) is 0 Å². The molecule has 1 aromatic carbocycles. The van der Waals surface area contributed by atoms with E-state index in [9.17, 15) is 18.0 Å². The summed E-state index contributed by atoms with van der Waals surface area (Å²) in [6, 6.07) is 6.93. The Bertz CT molecular complexity index is 422. The molecule has 0 fully saturated rings. The van der Waals surface area contributed by atoms with Crippen molar-refractivity contribution in [2.45, 2.75) is 12.8 Å². The maximum absolute atomic E-state index is 11.9. The number of nitrogens with one attached hydrogen (secondary N) is 2. The topological polar surface area (TPSA) is 50.4 Å². The van der Waals surface area contributed by atoms with E-state index in [0.29, 0.717) is 12.3 Å². The predicted molar refractivity (Wildman–Crippen MR) is 64.7 cm³/mol. The van der Waals surface area contributed by atoms with Crippen LogP contribution in [0.1, 0.15) is 5.56 Å². The van der Waals surface area contributed by atoms with Crippen LogP contribution < -0.4 is 10.6 Å². The second-order valence-electron chi connectivity index (χ2n) is 3.86. The lowest BCUT2D eigenvalue weighted by atomic mass is 10.2. The van der Waals surface area contributed by atoms with Crippen molar-refractivity contribution < 1.29 is 22.7 Å². The largest absolute Gasteiger partial charge is 0.401 e. The number of anilines is 1. The van der Waals surface area contributed by atoms with Crippen LogP contribution in [0, 0.1) is 0 Å². The number of amides is 1. The standard InChI is InChI=1S/C12H15F3N2O2/c1-19-7-9-4-2-3-5-10(9)17-11(18)6-16-8-12(13,14)15/h2-5,16H,6-8H2,1H3,(H,17,18). The molecule has 19 heavy (non-hydrogen) atoms. The third-order valence-corrected chi connectivity index (χ3v) is 2.20. The number of carbonyl (C=O) groups is 1. The number of ether oxygens (including phenoxy) is 1. The summed E-state index contributed by atoms with van der Waals surface area (Å²) in [5.41, 5.74) is 1.29. The second kappa shape index (κ2) is 7.10. The highest BCUT2D eigenvalue weighted by Crippen LogP contribution is 2.15. The van der Waals surface area contributed by atoms with E-state index in [0.717, 1.165) is 5.56 Å². The van der Waals surface area contributed by atoms with Crippen molar-refractivity contribution >= 4 is 11.6 Å². The summed E-state index contributed by atoms with van der Waals surface area (Å²) in [5, 5.41) is 4.56. The quantitative estimate of drug-likeness (QED) is 0.834. The van der Waals surface area contributed by atoms with E-state index in [2.05, 4.69) is 5.32 Å². The Labute approximate surface area is 108 Å². The van der Waals surface area contributed by atoms with Crippen LogP contribution in [0.15, 0.2) is 24.3 Å². The van der Waals surface area contributed by atoms with E-state index >= 15 is 0 Å². The van der Waals surface area contributed by atoms with Gasteiger partial charge < -0.3 is 15.4 Å². The van der Waals surface area contributed by atoms with Crippen LogP contribution in [0.4, 0.5) is 18.9 Å². The number of benzene rings is 1. The Morgan fingerprint density at radius 1 is 1.32 bits per heavy atom. The molecular weight excluding hydrogens is 261 g/mol. The SMILES string of the molecule is COCc1ccccc1NC(=O)CNCC(F)(F)F. The first-order chi connectivity index (χ1) is 8.92. The Morgan fingerprint density at radius 2 is 2.00 bits per heavy atom. The van der Waals surface area contributed by atoms with Gasteiger partial charge in [0.25, 0.3) is 0 Å². The Kier molecular flexibility index (Phi) is 5.78. The van der Waals surface area contributed by atoms with Gasteiger partial charge >= 0.3 is 6.18 Å². The Morgan fingerprint density at radius 3 is 2.63 bits per heavy atom. The van der Waals surface area contributed by atoms with Crippen LogP contribution >= 0.6 is 0 Å². The van der Waals surface area contributed by atoms with Gasteiger partial charge in [0.05, 0.1) is 19.7 Å². The number of para-hydroxylation sites is 1. The van der Waals surface area contributed by atoms with Gasteiger partial charge in [0.2, 0.25) is 5.91 Å². The molecular formula is C12H15F3N2O2. The van der Waals surface area contributed by atoms with Crippen molar-refractivity contribution in [1.82, 2.24) is 5.32 Å². The minimum Gasteiger partial charge on any atom is -0.380 e. The fourth-order valence-electron chi connectivity index (χ4n) is 1.44. The van der Waals surface area contributed by atoms with Crippen molar-refractivity contribution in [3.05, 3.63) is 29.8 Å². The van der Waals surface area contributed by atoms with Gasteiger partial charge in [-0.05, 0) is 6.07 Å². The fraction of sp³-hybridized carbons (Fsp3) is 0.417. The number of hydrogen-bond acceptors (Lipinski definition) is 3. The zero-order valence-corrected chi connectivity index (χ0v) is 10.4. The number of methoxy groups -OCH3 is 1. The third-order valence-electron chi connectivity index (χ3n) is 2.20. The van der Waals surface area contributed by atoms with E-state index in [1.54, 1.807) is 24.3 Å². The molecule has 1 rings (SSSR count). The number of alkyl halides is 3. The first-order valence-electron chi connectivity index (χ1n) is 5.56. The van der Waals surface area contributed by atoms with Crippen LogP contribution in [-0.2, 0) is 16.1 Å². The summed E-state index contributed by atoms with van der Waals surface area (Å²) < 4.78 is 40.6. The molecule has 0 aromatic heterocycles. The molecule has 0 aliphatic carbocycles. The lowest BCUT2D eigenvalue weighted by Gasteiger charge is -2.11. The summed E-state index contributed by atoms with van der Waals surface area (Å²) in [5.74, 6) is -0.534. The van der Waals surface area contributed by atoms with Gasteiger partial charge in [-0.2, -0.15) is 13.2 Å². The molecule has 0 radical (unpaired) electrons. The summed E-state index contributed by atoms with van der Waals surface area (Å²) in [4.78, 5) is 11.5. The van der Waals surface area contributed by atoms with Gasteiger partial charge in [-0.3, -0.25) is 4.79 Å². The van der Waals surface area contributed by atoms with Crippen molar-refractivity contribution in [3.8, 4) is 0 Å². The lowest BCUT2D eigenvalue weighted by molar-refractivity contribution is -0.126. The fourth-order valence-corrected chi connectivity index (χ4v) is 1.44. The number of halogens is 3. The Balaban J connectivity index is 2.48. The van der Waals surface area contributed by atoms with Gasteiger partial charge in [-0.25, -0.2) is 0 Å². The first kappa shape index (κ1) is 15.5. The molecule has 0 spiro atoms. The molecule has 0 aliphatic rings. The molecule has 1 amide bonds. The maximum atomic E-state index is 11.9. The molecule has 4 nitrogen and oxygen atoms in total. The van der Waals surface area contributed by atoms with E-state index in [-0.39, 0.29) is 0 Å². The second-order valence-corrected chi connectivity index (χ2v) is 3.86. The number of rotatable bonds is 6. The molecule has 0 saturated heterocycles. The molecule has 0 heterocycles. The molecule has 0 atom stereocenters. The third kappa shape index (κ3) is 6.21. The zero-order valence-electron chi connectivity index (χ0n) is 10.4. The molecule has 0 saturated carbocycles. The molecule has 2 N–H and O–H groups in total. The molecule has 106 valence electrons. The minimum absolute atomic E-state index is 0.312. The van der Waals surface area contributed by atoms with Gasteiger partial charge in [0.15, 0.2) is 0 Å². The molecule has 0 aliphatic heterocycles. The van der Waals surface area contributed by atoms with E-state index < -0.39 is 25.2 Å². The molecule has 7 heteroatoms. The normalized spacial score (nSPS) is 11.4. The minimum atomic E-state index is -4.33. The van der Waals surface area contributed by atoms with Crippen molar-refractivity contribution in [1.29, 1.82) is 0 Å². The van der Waals surface area contributed by atoms with Crippen molar-refractivity contribution in [2.24, 2.45) is 0 Å². The summed E-state index contributed by atoms with van der Waals surface area (Å²) in [6.45, 7) is -1.28. The zero-order chi connectivity index (χ0) is 14.3. The van der Waals surface area contributed by atoms with Crippen LogP contribution in [0.5, 0.6) is 0 Å². The first-order valence-corrected chi connectivity index (χ1v) is 5.56. The van der Waals surface area contributed by atoms with Gasteiger partial charge in [-0.1, -0.05) is 18.2 Å². The average Bonchev–Trinajstić information content (AvgIpc) is 2.30. The summed E-state index contributed by atoms with van der Waals surface area (Å²) >= 11 is 0. The lowest BCUT2D eigenvalue weighted by Crippen LogP contribution is -2.35. The smallest absolute Gasteiger partial charge is 0.380 e. The van der Waals surface area contributed by atoms with Crippen LogP contribution in [0.25, 0.3) is 0 Å². The van der Waals surface area contributed by atoms with Crippen LogP contribution in [0.3, 0.4) is 0 Å². The van der Waals surface area contributed by atoms with Crippen LogP contribution in [0.2, 0.25) is 0 Å². The average molecular weight is 276 g/mol. The Hall–Kier alpha value is -1.60. The highest BCUT2D eigenvalue weighted by Gasteiger charge is 2.26. The summed E-state index contributed by atoms with van der Waals surface area (Å²) in [6.07, 6.45) is -4.33. The van der Waals surface area contributed by atoms with E-state index in [1.807, 2.05) is 5.32 Å². The van der Waals surface area contributed by atoms with E-state index in [4.69, 9.17) is 4.74 Å². The van der Waals surface area contributed by atoms with E-state index in [1.165, 1.54) is 7.11 Å². The molecule has 0 bridgehead atoms. The van der Waals surface area contributed by atoms with Crippen molar-refractivity contribution in [3.63, 3.8) is 0 Å². The van der Waals surface area contributed by atoms with Gasteiger partial charge in [-0.15, -0.1) is 0 Å². The molecule has 1 aromatic rings. The summed E-state index contributed by atoms with van der Waals surface area (Å²) in [7, 11) is 1.52.